The predicted octanol–water partition coefficient (Wildman–Crippen LogP) is 5.67. The molecule has 1 heterocycles. The highest BCUT2D eigenvalue weighted by atomic mass is 32.1. The van der Waals surface area contributed by atoms with E-state index < -0.39 is 11.9 Å². The van der Waals surface area contributed by atoms with Crippen molar-refractivity contribution in [2.24, 2.45) is 0 Å². The Labute approximate surface area is 215 Å². The van der Waals surface area contributed by atoms with Gasteiger partial charge in [-0.3, -0.25) is 14.5 Å². The molecule has 2 amide bonds. The van der Waals surface area contributed by atoms with Crippen LogP contribution in [0.2, 0.25) is 0 Å². The monoisotopic (exact) mass is 510 g/mol. The van der Waals surface area contributed by atoms with Crippen molar-refractivity contribution in [2.75, 3.05) is 19.1 Å². The minimum Gasteiger partial charge on any atom is -0.497 e. The topological polar surface area (TPSA) is 67.9 Å². The van der Waals surface area contributed by atoms with Crippen molar-refractivity contribution in [3.05, 3.63) is 76.2 Å². The SMILES string of the molecule is COc1ccc(C(C(=O)NC2CCCCC2)N(C(=O)Cc2cccs2)c2cccc(F)c2)c(OC)c1. The summed E-state index contributed by atoms with van der Waals surface area (Å²) in [6, 6.07) is 13.6. The maximum Gasteiger partial charge on any atom is 0.248 e. The molecule has 1 atom stereocenters. The fourth-order valence-corrected chi connectivity index (χ4v) is 5.38. The molecule has 1 aliphatic rings. The summed E-state index contributed by atoms with van der Waals surface area (Å²) in [5.41, 5.74) is 0.800. The summed E-state index contributed by atoms with van der Waals surface area (Å²) in [5.74, 6) is -0.166. The summed E-state index contributed by atoms with van der Waals surface area (Å²) in [6.07, 6.45) is 5.11. The van der Waals surface area contributed by atoms with E-state index in [-0.39, 0.29) is 24.3 Å². The van der Waals surface area contributed by atoms with Crippen molar-refractivity contribution in [3.63, 3.8) is 0 Å². The lowest BCUT2D eigenvalue weighted by Crippen LogP contribution is -2.47. The molecule has 1 aromatic heterocycles. The van der Waals surface area contributed by atoms with Gasteiger partial charge in [-0.05, 0) is 54.6 Å². The molecule has 6 nitrogen and oxygen atoms in total. The number of nitrogens with zero attached hydrogens (tertiary/aromatic N) is 1. The second kappa shape index (κ2) is 12.0. The summed E-state index contributed by atoms with van der Waals surface area (Å²) in [5, 5.41) is 5.06. The minimum atomic E-state index is -1.07. The fraction of sp³-hybridized carbons (Fsp3) is 0.357. The smallest absolute Gasteiger partial charge is 0.248 e. The number of hydrogen-bond acceptors (Lipinski definition) is 5. The van der Waals surface area contributed by atoms with Crippen LogP contribution in [-0.4, -0.2) is 32.1 Å². The molecular formula is C28H31FN2O4S. The molecule has 36 heavy (non-hydrogen) atoms. The standard InChI is InChI=1S/C28H31FN2O4S/c1-34-22-13-14-24(25(17-22)35-2)27(28(33)30-20-9-4-3-5-10-20)31(21-11-6-8-19(29)16-21)26(32)18-23-12-7-15-36-23/h6-8,11-17,20,27H,3-5,9-10,18H2,1-2H3,(H,30,33). The van der Waals surface area contributed by atoms with Gasteiger partial charge in [0.1, 0.15) is 23.4 Å². The number of amides is 2. The van der Waals surface area contributed by atoms with Crippen LogP contribution in [0.25, 0.3) is 0 Å². The molecule has 3 aromatic rings. The molecule has 0 bridgehead atoms. The van der Waals surface area contributed by atoms with Gasteiger partial charge in [0.15, 0.2) is 0 Å². The molecule has 1 aliphatic carbocycles. The van der Waals surface area contributed by atoms with Crippen LogP contribution >= 0.6 is 11.3 Å². The van der Waals surface area contributed by atoms with E-state index in [2.05, 4.69) is 5.32 Å². The first kappa shape index (κ1) is 25.7. The molecule has 1 saturated carbocycles. The summed E-state index contributed by atoms with van der Waals surface area (Å²) in [7, 11) is 3.06. The molecule has 1 fully saturated rings. The normalized spacial score (nSPS) is 14.6. The Morgan fingerprint density at radius 3 is 2.53 bits per heavy atom. The first-order valence-corrected chi connectivity index (χ1v) is 13.0. The molecule has 0 saturated heterocycles. The molecule has 2 aromatic carbocycles. The zero-order valence-corrected chi connectivity index (χ0v) is 21.4. The number of anilines is 1. The average Bonchev–Trinajstić information content (AvgIpc) is 3.40. The lowest BCUT2D eigenvalue weighted by molar-refractivity contribution is -0.127. The third kappa shape index (κ3) is 6.05. The maximum absolute atomic E-state index is 14.4. The largest absolute Gasteiger partial charge is 0.497 e. The summed E-state index contributed by atoms with van der Waals surface area (Å²) in [6.45, 7) is 0. The summed E-state index contributed by atoms with van der Waals surface area (Å²) < 4.78 is 25.4. The van der Waals surface area contributed by atoms with Gasteiger partial charge in [0.25, 0.3) is 0 Å². The van der Waals surface area contributed by atoms with Gasteiger partial charge < -0.3 is 14.8 Å². The fourth-order valence-electron chi connectivity index (χ4n) is 4.68. The number of hydrogen-bond donors (Lipinski definition) is 1. The van der Waals surface area contributed by atoms with Crippen LogP contribution < -0.4 is 19.7 Å². The third-order valence-electron chi connectivity index (χ3n) is 6.45. The summed E-state index contributed by atoms with van der Waals surface area (Å²) >= 11 is 1.46. The zero-order valence-electron chi connectivity index (χ0n) is 20.5. The van der Waals surface area contributed by atoms with Crippen molar-refractivity contribution < 1.29 is 23.5 Å². The van der Waals surface area contributed by atoms with E-state index >= 15 is 0 Å². The Bertz CT molecular complexity index is 1180. The number of thiophene rings is 1. The van der Waals surface area contributed by atoms with Crippen molar-refractivity contribution in [3.8, 4) is 11.5 Å². The number of ether oxygens (including phenoxy) is 2. The van der Waals surface area contributed by atoms with Gasteiger partial charge in [0.05, 0.1) is 20.6 Å². The van der Waals surface area contributed by atoms with Gasteiger partial charge in [-0.15, -0.1) is 11.3 Å². The van der Waals surface area contributed by atoms with Crippen LogP contribution in [0.1, 0.15) is 48.6 Å². The lowest BCUT2D eigenvalue weighted by atomic mass is 9.94. The number of carbonyl (C=O) groups excluding carboxylic acids is 2. The Balaban J connectivity index is 1.81. The van der Waals surface area contributed by atoms with Gasteiger partial charge in [-0.1, -0.05) is 31.4 Å². The molecule has 8 heteroatoms. The quantitative estimate of drug-likeness (QED) is 0.403. The Morgan fingerprint density at radius 2 is 1.86 bits per heavy atom. The highest BCUT2D eigenvalue weighted by Crippen LogP contribution is 2.37. The van der Waals surface area contributed by atoms with Crippen LogP contribution in [0, 0.1) is 5.82 Å². The van der Waals surface area contributed by atoms with Crippen molar-refractivity contribution in [1.29, 1.82) is 0 Å². The van der Waals surface area contributed by atoms with E-state index in [4.69, 9.17) is 9.47 Å². The number of carbonyl (C=O) groups is 2. The van der Waals surface area contributed by atoms with Crippen LogP contribution in [0.4, 0.5) is 10.1 Å². The van der Waals surface area contributed by atoms with Crippen LogP contribution in [0.3, 0.4) is 0 Å². The van der Waals surface area contributed by atoms with E-state index in [9.17, 15) is 14.0 Å². The molecule has 0 aliphatic heterocycles. The second-order valence-electron chi connectivity index (χ2n) is 8.85. The Hall–Kier alpha value is -3.39. The van der Waals surface area contributed by atoms with Crippen molar-refractivity contribution >= 4 is 28.8 Å². The molecule has 1 unspecified atom stereocenters. The van der Waals surface area contributed by atoms with E-state index in [1.54, 1.807) is 31.4 Å². The maximum atomic E-state index is 14.4. The van der Waals surface area contributed by atoms with E-state index in [0.29, 0.717) is 22.7 Å². The number of methoxy groups -OCH3 is 2. The van der Waals surface area contributed by atoms with E-state index in [1.807, 2.05) is 17.5 Å². The van der Waals surface area contributed by atoms with Gasteiger partial charge in [-0.25, -0.2) is 4.39 Å². The van der Waals surface area contributed by atoms with Crippen LogP contribution in [0.15, 0.2) is 60.0 Å². The zero-order chi connectivity index (χ0) is 25.5. The molecule has 4 rings (SSSR count). The average molecular weight is 511 g/mol. The van der Waals surface area contributed by atoms with Gasteiger partial charge in [0.2, 0.25) is 11.8 Å². The van der Waals surface area contributed by atoms with Crippen molar-refractivity contribution in [2.45, 2.75) is 50.6 Å². The Kier molecular flexibility index (Phi) is 8.59. The molecule has 1 N–H and O–H groups in total. The second-order valence-corrected chi connectivity index (χ2v) is 9.89. The van der Waals surface area contributed by atoms with Gasteiger partial charge >= 0.3 is 0 Å². The predicted molar refractivity (Wildman–Crippen MR) is 139 cm³/mol. The first-order valence-electron chi connectivity index (χ1n) is 12.1. The minimum absolute atomic E-state index is 0.0275. The number of rotatable bonds is 9. The molecule has 190 valence electrons. The van der Waals surface area contributed by atoms with Crippen LogP contribution in [0.5, 0.6) is 11.5 Å². The van der Waals surface area contributed by atoms with Crippen molar-refractivity contribution in [1.82, 2.24) is 5.32 Å². The van der Waals surface area contributed by atoms with Gasteiger partial charge in [0, 0.05) is 28.2 Å². The number of halogens is 1. The van der Waals surface area contributed by atoms with Crippen LogP contribution in [-0.2, 0) is 16.0 Å². The number of nitrogens with one attached hydrogen (secondary N) is 1. The third-order valence-corrected chi connectivity index (χ3v) is 7.33. The highest BCUT2D eigenvalue weighted by molar-refractivity contribution is 7.10. The van der Waals surface area contributed by atoms with E-state index in [0.717, 1.165) is 37.0 Å². The molecule has 0 spiro atoms. The first-order chi connectivity index (χ1) is 17.5. The molecular weight excluding hydrogens is 479 g/mol. The number of benzene rings is 2. The lowest BCUT2D eigenvalue weighted by Gasteiger charge is -2.34. The highest BCUT2D eigenvalue weighted by Gasteiger charge is 2.36. The van der Waals surface area contributed by atoms with Gasteiger partial charge in [-0.2, -0.15) is 0 Å². The Morgan fingerprint density at radius 1 is 1.06 bits per heavy atom. The van der Waals surface area contributed by atoms with E-state index in [1.165, 1.54) is 41.5 Å². The molecule has 0 radical (unpaired) electrons. The summed E-state index contributed by atoms with van der Waals surface area (Å²) in [4.78, 5) is 30.0.